The quantitative estimate of drug-likeness (QED) is 0.543. The smallest absolute Gasteiger partial charge is 0.320 e. The highest BCUT2D eigenvalue weighted by molar-refractivity contribution is 5.77. The topological polar surface area (TPSA) is 106 Å². The molecule has 5 heteroatoms. The lowest BCUT2D eigenvalue weighted by Crippen LogP contribution is -2.32. The van der Waals surface area contributed by atoms with Gasteiger partial charge < -0.3 is 16.6 Å². The fourth-order valence-corrected chi connectivity index (χ4v) is 1.28. The van der Waals surface area contributed by atoms with Crippen LogP contribution in [0.3, 0.4) is 0 Å². The Labute approximate surface area is 83.5 Å². The molecule has 82 valence electrons. The summed E-state index contributed by atoms with van der Waals surface area (Å²) in [5.41, 5.74) is 10.5. The molecule has 5 nitrogen and oxygen atoms in total. The zero-order chi connectivity index (χ0) is 11.1. The van der Waals surface area contributed by atoms with E-state index >= 15 is 0 Å². The first-order valence-electron chi connectivity index (χ1n) is 4.76. The SMILES string of the molecule is CCCC(CCC(N)C(=O)O)C(N)=O. The van der Waals surface area contributed by atoms with Gasteiger partial charge in [-0.25, -0.2) is 0 Å². The van der Waals surface area contributed by atoms with Crippen LogP contribution in [0, 0.1) is 5.92 Å². The van der Waals surface area contributed by atoms with Crippen molar-refractivity contribution in [1.29, 1.82) is 0 Å². The van der Waals surface area contributed by atoms with Gasteiger partial charge in [0, 0.05) is 5.92 Å². The van der Waals surface area contributed by atoms with Crippen molar-refractivity contribution in [2.75, 3.05) is 0 Å². The molecule has 14 heavy (non-hydrogen) atoms. The molecule has 2 atom stereocenters. The number of carboxylic acids is 1. The monoisotopic (exact) mass is 202 g/mol. The molecule has 2 unspecified atom stereocenters. The molecule has 0 saturated heterocycles. The highest BCUT2D eigenvalue weighted by Crippen LogP contribution is 2.13. The summed E-state index contributed by atoms with van der Waals surface area (Å²) in [4.78, 5) is 21.3. The zero-order valence-corrected chi connectivity index (χ0v) is 8.40. The van der Waals surface area contributed by atoms with Crippen LogP contribution in [-0.2, 0) is 9.59 Å². The van der Waals surface area contributed by atoms with Crippen molar-refractivity contribution in [3.63, 3.8) is 0 Å². The average molecular weight is 202 g/mol. The van der Waals surface area contributed by atoms with Crippen LogP contribution in [0.15, 0.2) is 0 Å². The van der Waals surface area contributed by atoms with Crippen molar-refractivity contribution in [1.82, 2.24) is 0 Å². The lowest BCUT2D eigenvalue weighted by molar-refractivity contribution is -0.139. The van der Waals surface area contributed by atoms with Gasteiger partial charge in [-0.15, -0.1) is 0 Å². The van der Waals surface area contributed by atoms with E-state index in [2.05, 4.69) is 0 Å². The molecule has 0 aliphatic rings. The molecule has 0 bridgehead atoms. The number of hydrogen-bond donors (Lipinski definition) is 3. The van der Waals surface area contributed by atoms with E-state index in [0.717, 1.165) is 6.42 Å². The number of nitrogens with two attached hydrogens (primary N) is 2. The highest BCUT2D eigenvalue weighted by Gasteiger charge is 2.18. The van der Waals surface area contributed by atoms with E-state index in [4.69, 9.17) is 16.6 Å². The van der Waals surface area contributed by atoms with E-state index in [9.17, 15) is 9.59 Å². The van der Waals surface area contributed by atoms with Crippen LogP contribution < -0.4 is 11.5 Å². The first kappa shape index (κ1) is 12.9. The lowest BCUT2D eigenvalue weighted by atomic mass is 9.95. The first-order chi connectivity index (χ1) is 6.49. The minimum Gasteiger partial charge on any atom is -0.480 e. The molecule has 0 heterocycles. The van der Waals surface area contributed by atoms with Crippen molar-refractivity contribution < 1.29 is 14.7 Å². The molecular weight excluding hydrogens is 184 g/mol. The standard InChI is InChI=1S/C9H18N2O3/c1-2-3-6(8(11)12)4-5-7(10)9(13)14/h6-7H,2-5,10H2,1H3,(H2,11,12)(H,13,14). The van der Waals surface area contributed by atoms with Gasteiger partial charge in [0.15, 0.2) is 0 Å². The van der Waals surface area contributed by atoms with Gasteiger partial charge in [-0.1, -0.05) is 13.3 Å². The van der Waals surface area contributed by atoms with Gasteiger partial charge in [-0.05, 0) is 19.3 Å². The van der Waals surface area contributed by atoms with Crippen LogP contribution in [0.25, 0.3) is 0 Å². The van der Waals surface area contributed by atoms with Gasteiger partial charge in [0.05, 0.1) is 0 Å². The normalized spacial score (nSPS) is 14.7. The van der Waals surface area contributed by atoms with E-state index < -0.39 is 12.0 Å². The molecule has 1 amide bonds. The molecule has 5 N–H and O–H groups in total. The molecule has 0 rings (SSSR count). The number of carboxylic acid groups (broad SMARTS) is 1. The second-order valence-electron chi connectivity index (χ2n) is 3.41. The fourth-order valence-electron chi connectivity index (χ4n) is 1.28. The van der Waals surface area contributed by atoms with Gasteiger partial charge in [-0.2, -0.15) is 0 Å². The number of carbonyl (C=O) groups is 2. The summed E-state index contributed by atoms with van der Waals surface area (Å²) >= 11 is 0. The van der Waals surface area contributed by atoms with Crippen LogP contribution in [0.2, 0.25) is 0 Å². The average Bonchev–Trinajstić information content (AvgIpc) is 2.10. The van der Waals surface area contributed by atoms with Gasteiger partial charge in [0.2, 0.25) is 5.91 Å². The van der Waals surface area contributed by atoms with Gasteiger partial charge >= 0.3 is 5.97 Å². The third kappa shape index (κ3) is 4.81. The van der Waals surface area contributed by atoms with E-state index in [1.54, 1.807) is 0 Å². The fraction of sp³-hybridized carbons (Fsp3) is 0.778. The van der Waals surface area contributed by atoms with Crippen molar-refractivity contribution in [2.45, 2.75) is 38.6 Å². The summed E-state index contributed by atoms with van der Waals surface area (Å²) in [6.07, 6.45) is 2.30. The number of primary amides is 1. The summed E-state index contributed by atoms with van der Waals surface area (Å²) in [5, 5.41) is 8.52. The predicted octanol–water partition coefficient (Wildman–Crippen LogP) is 0.0801. The molecule has 0 aliphatic carbocycles. The van der Waals surface area contributed by atoms with Crippen molar-refractivity contribution >= 4 is 11.9 Å². The molecule has 0 fully saturated rings. The van der Waals surface area contributed by atoms with Crippen molar-refractivity contribution in [3.8, 4) is 0 Å². The van der Waals surface area contributed by atoms with Gasteiger partial charge in [-0.3, -0.25) is 9.59 Å². The number of aliphatic carboxylic acids is 1. The molecular formula is C9H18N2O3. The third-order valence-electron chi connectivity index (χ3n) is 2.18. The second-order valence-corrected chi connectivity index (χ2v) is 3.41. The van der Waals surface area contributed by atoms with Crippen molar-refractivity contribution in [2.24, 2.45) is 17.4 Å². The molecule has 0 saturated carbocycles. The number of rotatable bonds is 7. The lowest BCUT2D eigenvalue weighted by Gasteiger charge is -2.13. The maximum Gasteiger partial charge on any atom is 0.320 e. The predicted molar refractivity (Wildman–Crippen MR) is 52.4 cm³/mol. The first-order valence-corrected chi connectivity index (χ1v) is 4.76. The number of amides is 1. The van der Waals surface area contributed by atoms with E-state index in [1.807, 2.05) is 6.92 Å². The van der Waals surface area contributed by atoms with Crippen LogP contribution in [-0.4, -0.2) is 23.0 Å². The second kappa shape index (κ2) is 6.37. The summed E-state index contributed by atoms with van der Waals surface area (Å²) in [6, 6.07) is -0.895. The summed E-state index contributed by atoms with van der Waals surface area (Å²) in [7, 11) is 0. The molecule has 0 spiro atoms. The molecule has 0 aromatic heterocycles. The van der Waals surface area contributed by atoms with Crippen LogP contribution in [0.1, 0.15) is 32.6 Å². The van der Waals surface area contributed by atoms with Crippen LogP contribution in [0.4, 0.5) is 0 Å². The highest BCUT2D eigenvalue weighted by atomic mass is 16.4. The molecule has 0 aliphatic heterocycles. The Hall–Kier alpha value is -1.10. The van der Waals surface area contributed by atoms with E-state index in [1.165, 1.54) is 0 Å². The molecule has 0 aromatic carbocycles. The van der Waals surface area contributed by atoms with Gasteiger partial charge in [0.1, 0.15) is 6.04 Å². The van der Waals surface area contributed by atoms with E-state index in [0.29, 0.717) is 19.3 Å². The maximum atomic E-state index is 10.9. The maximum absolute atomic E-state index is 10.9. The Morgan fingerprint density at radius 2 is 1.86 bits per heavy atom. The Morgan fingerprint density at radius 3 is 2.21 bits per heavy atom. The Balaban J connectivity index is 3.93. The van der Waals surface area contributed by atoms with Gasteiger partial charge in [0.25, 0.3) is 0 Å². The largest absolute Gasteiger partial charge is 0.480 e. The third-order valence-corrected chi connectivity index (χ3v) is 2.18. The Kier molecular flexibility index (Phi) is 5.87. The summed E-state index contributed by atoms with van der Waals surface area (Å²) in [5.74, 6) is -1.65. The number of hydrogen-bond acceptors (Lipinski definition) is 3. The Bertz CT molecular complexity index is 206. The minimum atomic E-state index is -1.04. The summed E-state index contributed by atoms with van der Waals surface area (Å²) in [6.45, 7) is 1.95. The minimum absolute atomic E-state index is 0.245. The van der Waals surface area contributed by atoms with E-state index in [-0.39, 0.29) is 11.8 Å². The number of carbonyl (C=O) groups excluding carboxylic acids is 1. The van der Waals surface area contributed by atoms with Crippen molar-refractivity contribution in [3.05, 3.63) is 0 Å². The zero-order valence-electron chi connectivity index (χ0n) is 8.40. The van der Waals surface area contributed by atoms with Crippen LogP contribution in [0.5, 0.6) is 0 Å². The molecule has 0 aromatic rings. The summed E-state index contributed by atoms with van der Waals surface area (Å²) < 4.78 is 0. The van der Waals surface area contributed by atoms with Crippen LogP contribution >= 0.6 is 0 Å². The molecule has 0 radical (unpaired) electrons. The Morgan fingerprint density at radius 1 is 1.29 bits per heavy atom.